The van der Waals surface area contributed by atoms with E-state index in [1.165, 1.54) is 38.5 Å². The van der Waals surface area contributed by atoms with Crippen LogP contribution in [0.2, 0.25) is 0 Å². The molecule has 1 aromatic carbocycles. The van der Waals surface area contributed by atoms with Crippen molar-refractivity contribution >= 4 is 11.4 Å². The van der Waals surface area contributed by atoms with Crippen LogP contribution in [0.4, 0.5) is 11.4 Å². The van der Waals surface area contributed by atoms with E-state index >= 15 is 0 Å². The Morgan fingerprint density at radius 2 is 1.88 bits per heavy atom. The summed E-state index contributed by atoms with van der Waals surface area (Å²) >= 11 is 0. The molecule has 3 N–H and O–H groups in total. The second-order valence-electron chi connectivity index (χ2n) is 4.79. The summed E-state index contributed by atoms with van der Waals surface area (Å²) in [6.07, 6.45) is 7.97. The molecular weight excluding hydrogens is 212 g/mol. The van der Waals surface area contributed by atoms with Crippen LogP contribution in [0.15, 0.2) is 18.2 Å². The molecule has 3 heteroatoms. The Balaban J connectivity index is 1.99. The van der Waals surface area contributed by atoms with Crippen LogP contribution < -0.4 is 15.8 Å². The highest BCUT2D eigenvalue weighted by molar-refractivity contribution is 5.62. The maximum Gasteiger partial charge on any atom is 0.141 e. The molecule has 2 rings (SSSR count). The fourth-order valence-corrected chi connectivity index (χ4v) is 2.48. The number of nitrogen functional groups attached to an aromatic ring is 1. The molecule has 1 saturated carbocycles. The fourth-order valence-electron chi connectivity index (χ4n) is 2.48. The van der Waals surface area contributed by atoms with Crippen LogP contribution in [-0.4, -0.2) is 13.2 Å². The molecule has 0 bridgehead atoms. The highest BCUT2D eigenvalue weighted by atomic mass is 16.5. The molecule has 17 heavy (non-hydrogen) atoms. The average Bonchev–Trinajstić information content (AvgIpc) is 2.58. The molecule has 1 aliphatic carbocycles. The number of nitrogens with two attached hydrogens (primary N) is 1. The summed E-state index contributed by atoms with van der Waals surface area (Å²) in [5, 5.41) is 3.58. The van der Waals surface area contributed by atoms with Crippen molar-refractivity contribution in [3.8, 4) is 5.75 Å². The van der Waals surface area contributed by atoms with E-state index in [1.807, 2.05) is 18.2 Å². The second-order valence-corrected chi connectivity index (χ2v) is 4.79. The minimum atomic E-state index is 0.602. The summed E-state index contributed by atoms with van der Waals surface area (Å²) in [5.41, 5.74) is 7.71. The Bertz CT molecular complexity index is 357. The zero-order chi connectivity index (χ0) is 12.1. The molecule has 0 saturated heterocycles. The summed E-state index contributed by atoms with van der Waals surface area (Å²) in [5.74, 6) is 0.747. The monoisotopic (exact) mass is 234 g/mol. The molecule has 0 atom stereocenters. The van der Waals surface area contributed by atoms with Crippen LogP contribution in [-0.2, 0) is 0 Å². The maximum absolute atomic E-state index is 5.90. The first-order valence-corrected chi connectivity index (χ1v) is 6.49. The molecule has 1 fully saturated rings. The maximum atomic E-state index is 5.90. The van der Waals surface area contributed by atoms with Gasteiger partial charge in [-0.15, -0.1) is 0 Å². The predicted octanol–water partition coefficient (Wildman–Crippen LogP) is 3.41. The lowest BCUT2D eigenvalue weighted by Gasteiger charge is -2.18. The topological polar surface area (TPSA) is 47.3 Å². The first kappa shape index (κ1) is 12.1. The standard InChI is InChI=1S/C14H22N2O/c1-17-14-9-8-12(10-13(14)15)16-11-6-4-2-3-5-7-11/h8-11,16H,2-7,15H2,1H3. The van der Waals surface area contributed by atoms with Crippen LogP contribution in [0, 0.1) is 0 Å². The van der Waals surface area contributed by atoms with Gasteiger partial charge < -0.3 is 15.8 Å². The summed E-state index contributed by atoms with van der Waals surface area (Å²) in [4.78, 5) is 0. The van der Waals surface area contributed by atoms with Gasteiger partial charge in [0.25, 0.3) is 0 Å². The van der Waals surface area contributed by atoms with Crippen LogP contribution in [0.3, 0.4) is 0 Å². The smallest absolute Gasteiger partial charge is 0.141 e. The van der Waals surface area contributed by atoms with E-state index in [2.05, 4.69) is 5.32 Å². The van der Waals surface area contributed by atoms with Gasteiger partial charge in [0.2, 0.25) is 0 Å². The minimum Gasteiger partial charge on any atom is -0.495 e. The quantitative estimate of drug-likeness (QED) is 0.622. The van der Waals surface area contributed by atoms with E-state index in [4.69, 9.17) is 10.5 Å². The number of nitrogens with one attached hydrogen (secondary N) is 1. The van der Waals surface area contributed by atoms with E-state index in [9.17, 15) is 0 Å². The zero-order valence-electron chi connectivity index (χ0n) is 10.5. The van der Waals surface area contributed by atoms with Crippen molar-refractivity contribution < 1.29 is 4.74 Å². The van der Waals surface area contributed by atoms with Gasteiger partial charge >= 0.3 is 0 Å². The van der Waals surface area contributed by atoms with Gasteiger partial charge in [-0.3, -0.25) is 0 Å². The molecule has 0 radical (unpaired) electrons. The Kier molecular flexibility index (Phi) is 4.13. The van der Waals surface area contributed by atoms with E-state index in [-0.39, 0.29) is 0 Å². The van der Waals surface area contributed by atoms with Crippen molar-refractivity contribution in [3.63, 3.8) is 0 Å². The number of ether oxygens (including phenoxy) is 1. The highest BCUT2D eigenvalue weighted by Crippen LogP contribution is 2.27. The summed E-state index contributed by atoms with van der Waals surface area (Å²) in [6.45, 7) is 0. The third-order valence-corrected chi connectivity index (χ3v) is 3.46. The summed E-state index contributed by atoms with van der Waals surface area (Å²) < 4.78 is 5.16. The third-order valence-electron chi connectivity index (χ3n) is 3.46. The molecule has 0 unspecified atom stereocenters. The van der Waals surface area contributed by atoms with Gasteiger partial charge in [0.1, 0.15) is 5.75 Å². The summed E-state index contributed by atoms with van der Waals surface area (Å²) in [6, 6.07) is 6.53. The van der Waals surface area contributed by atoms with Crippen LogP contribution in [0.5, 0.6) is 5.75 Å². The molecule has 0 aliphatic heterocycles. The van der Waals surface area contributed by atoms with Crippen molar-refractivity contribution in [1.29, 1.82) is 0 Å². The van der Waals surface area contributed by atoms with Crippen LogP contribution in [0.25, 0.3) is 0 Å². The lowest BCUT2D eigenvalue weighted by atomic mass is 10.1. The van der Waals surface area contributed by atoms with Crippen molar-refractivity contribution in [2.45, 2.75) is 44.6 Å². The van der Waals surface area contributed by atoms with E-state index in [1.54, 1.807) is 7.11 Å². The zero-order valence-corrected chi connectivity index (χ0v) is 10.5. The normalized spacial score (nSPS) is 17.5. The van der Waals surface area contributed by atoms with Gasteiger partial charge in [-0.05, 0) is 31.0 Å². The first-order valence-electron chi connectivity index (χ1n) is 6.49. The highest BCUT2D eigenvalue weighted by Gasteiger charge is 2.12. The van der Waals surface area contributed by atoms with Crippen molar-refractivity contribution in [2.24, 2.45) is 0 Å². The number of hydrogen-bond donors (Lipinski definition) is 2. The Morgan fingerprint density at radius 3 is 2.47 bits per heavy atom. The van der Waals surface area contributed by atoms with E-state index < -0.39 is 0 Å². The van der Waals surface area contributed by atoms with Gasteiger partial charge in [-0.2, -0.15) is 0 Å². The Hall–Kier alpha value is -1.38. The van der Waals surface area contributed by atoms with Gasteiger partial charge in [-0.1, -0.05) is 25.7 Å². The average molecular weight is 234 g/mol. The number of anilines is 2. The third kappa shape index (κ3) is 3.29. The molecule has 1 aromatic rings. The lowest BCUT2D eigenvalue weighted by Crippen LogP contribution is -2.18. The Morgan fingerprint density at radius 1 is 1.18 bits per heavy atom. The van der Waals surface area contributed by atoms with Gasteiger partial charge in [0.05, 0.1) is 12.8 Å². The second kappa shape index (κ2) is 5.80. The van der Waals surface area contributed by atoms with Gasteiger partial charge in [-0.25, -0.2) is 0 Å². The molecule has 94 valence electrons. The van der Waals surface area contributed by atoms with Crippen molar-refractivity contribution in [2.75, 3.05) is 18.2 Å². The molecule has 3 nitrogen and oxygen atoms in total. The number of methoxy groups -OCH3 is 1. The van der Waals surface area contributed by atoms with E-state index in [0.717, 1.165) is 11.4 Å². The molecule has 1 aliphatic rings. The predicted molar refractivity (Wildman–Crippen MR) is 72.5 cm³/mol. The lowest BCUT2D eigenvalue weighted by molar-refractivity contribution is 0.417. The number of benzene rings is 1. The molecule has 0 spiro atoms. The van der Waals surface area contributed by atoms with E-state index in [0.29, 0.717) is 11.7 Å². The Labute approximate surface area is 103 Å². The molecule has 0 aromatic heterocycles. The summed E-state index contributed by atoms with van der Waals surface area (Å²) in [7, 11) is 1.64. The molecule has 0 amide bonds. The minimum absolute atomic E-state index is 0.602. The molecule has 0 heterocycles. The fraction of sp³-hybridized carbons (Fsp3) is 0.571. The number of hydrogen-bond acceptors (Lipinski definition) is 3. The van der Waals surface area contributed by atoms with Crippen molar-refractivity contribution in [3.05, 3.63) is 18.2 Å². The molecular formula is C14H22N2O. The number of rotatable bonds is 3. The van der Waals surface area contributed by atoms with Gasteiger partial charge in [0.15, 0.2) is 0 Å². The van der Waals surface area contributed by atoms with Crippen LogP contribution in [0.1, 0.15) is 38.5 Å². The largest absolute Gasteiger partial charge is 0.495 e. The SMILES string of the molecule is COc1ccc(NC2CCCCCC2)cc1N. The van der Waals surface area contributed by atoms with Crippen LogP contribution >= 0.6 is 0 Å². The first-order chi connectivity index (χ1) is 8.29. The van der Waals surface area contributed by atoms with Crippen molar-refractivity contribution in [1.82, 2.24) is 0 Å². The van der Waals surface area contributed by atoms with Gasteiger partial charge in [0, 0.05) is 11.7 Å².